The van der Waals surface area contributed by atoms with Crippen LogP contribution in [0.4, 0.5) is 5.13 Å². The number of rotatable bonds is 7. The Hall–Kier alpha value is -3.07. The maximum Gasteiger partial charge on any atom is 0.350 e. The molecule has 0 saturated heterocycles. The summed E-state index contributed by atoms with van der Waals surface area (Å²) in [5, 5.41) is 3.80. The smallest absolute Gasteiger partial charge is 0.350 e. The maximum atomic E-state index is 13.1. The van der Waals surface area contributed by atoms with Gasteiger partial charge in [0.05, 0.1) is 23.4 Å². The quantitative estimate of drug-likeness (QED) is 0.319. The molecule has 9 heteroatoms. The van der Waals surface area contributed by atoms with E-state index >= 15 is 0 Å². The number of anilines is 1. The Morgan fingerprint density at radius 2 is 1.84 bits per heavy atom. The van der Waals surface area contributed by atoms with Gasteiger partial charge in [0.25, 0.3) is 5.91 Å². The van der Waals surface area contributed by atoms with E-state index in [4.69, 9.17) is 16.3 Å². The Bertz CT molecular complexity index is 1220. The van der Waals surface area contributed by atoms with Crippen LogP contribution < -0.4 is 4.90 Å². The van der Waals surface area contributed by atoms with Crippen molar-refractivity contribution in [2.24, 2.45) is 0 Å². The molecule has 0 aliphatic rings. The van der Waals surface area contributed by atoms with E-state index in [2.05, 4.69) is 9.97 Å². The number of aryl methyl sites for hydroxylation is 1. The van der Waals surface area contributed by atoms with Gasteiger partial charge in [-0.1, -0.05) is 54.1 Å². The summed E-state index contributed by atoms with van der Waals surface area (Å²) in [6.07, 6.45) is 1.45. The van der Waals surface area contributed by atoms with Gasteiger partial charge in [-0.3, -0.25) is 9.69 Å². The summed E-state index contributed by atoms with van der Waals surface area (Å²) in [7, 11) is 0. The van der Waals surface area contributed by atoms with Crippen LogP contribution in [0, 0.1) is 6.92 Å². The Labute approximate surface area is 198 Å². The van der Waals surface area contributed by atoms with Crippen LogP contribution >= 0.6 is 34.3 Å². The first kappa shape index (κ1) is 22.1. The lowest BCUT2D eigenvalue weighted by Crippen LogP contribution is -2.34. The minimum Gasteiger partial charge on any atom is -0.451 e. The number of benzene rings is 2. The molecule has 4 rings (SSSR count). The number of thiazole rings is 2. The highest BCUT2D eigenvalue weighted by Crippen LogP contribution is 2.29. The fraction of sp³-hybridized carbons (Fsp3) is 0.130. The van der Waals surface area contributed by atoms with E-state index in [1.165, 1.54) is 33.8 Å². The van der Waals surface area contributed by atoms with Gasteiger partial charge in [-0.25, -0.2) is 14.8 Å². The highest BCUT2D eigenvalue weighted by molar-refractivity contribution is 7.14. The monoisotopic (exact) mass is 483 g/mol. The number of carbonyl (C=O) groups is 2. The van der Waals surface area contributed by atoms with Crippen molar-refractivity contribution in [2.45, 2.75) is 13.5 Å². The number of nitrogens with zero attached hydrogens (tertiary/aromatic N) is 3. The zero-order valence-electron chi connectivity index (χ0n) is 17.0. The molecule has 0 fully saturated rings. The molecule has 0 unspecified atom stereocenters. The molecular formula is C23H18ClN3O3S2. The van der Waals surface area contributed by atoms with Crippen LogP contribution in [0.1, 0.15) is 20.2 Å². The predicted octanol–water partition coefficient (Wildman–Crippen LogP) is 5.62. The lowest BCUT2D eigenvalue weighted by molar-refractivity contribution is -0.121. The van der Waals surface area contributed by atoms with Crippen molar-refractivity contribution in [3.05, 3.63) is 86.6 Å². The summed E-state index contributed by atoms with van der Waals surface area (Å²) in [4.78, 5) is 35.9. The SMILES string of the molecule is Cc1ncc(C(=O)OCC(=O)N(Cc2ccccc2)c2nc(-c3ccc(Cl)cc3)cs2)s1. The van der Waals surface area contributed by atoms with Crippen molar-refractivity contribution in [1.29, 1.82) is 0 Å². The van der Waals surface area contributed by atoms with Gasteiger partial charge in [-0.2, -0.15) is 0 Å². The van der Waals surface area contributed by atoms with Crippen LogP contribution in [-0.2, 0) is 16.1 Å². The number of aromatic nitrogens is 2. The van der Waals surface area contributed by atoms with E-state index in [1.807, 2.05) is 47.8 Å². The third-order valence-corrected chi connectivity index (χ3v) is 6.51. The van der Waals surface area contributed by atoms with Gasteiger partial charge in [-0.15, -0.1) is 22.7 Å². The van der Waals surface area contributed by atoms with Crippen molar-refractivity contribution < 1.29 is 14.3 Å². The van der Waals surface area contributed by atoms with Gasteiger partial charge < -0.3 is 4.74 Å². The number of esters is 1. The Morgan fingerprint density at radius 3 is 2.53 bits per heavy atom. The van der Waals surface area contributed by atoms with Crippen LogP contribution in [0.15, 0.2) is 66.2 Å². The lowest BCUT2D eigenvalue weighted by Gasteiger charge is -2.20. The predicted molar refractivity (Wildman–Crippen MR) is 127 cm³/mol. The molecule has 0 atom stereocenters. The first-order valence-electron chi connectivity index (χ1n) is 9.65. The number of hydrogen-bond donors (Lipinski definition) is 0. The zero-order chi connectivity index (χ0) is 22.5. The molecule has 4 aromatic rings. The molecular weight excluding hydrogens is 466 g/mol. The summed E-state index contributed by atoms with van der Waals surface area (Å²) in [5.41, 5.74) is 2.58. The van der Waals surface area contributed by atoms with Crippen LogP contribution in [0.25, 0.3) is 11.3 Å². The van der Waals surface area contributed by atoms with Crippen LogP contribution in [0.2, 0.25) is 5.02 Å². The molecule has 2 heterocycles. The Balaban J connectivity index is 1.54. The molecule has 0 bridgehead atoms. The molecule has 2 aromatic heterocycles. The second-order valence-electron chi connectivity index (χ2n) is 6.81. The van der Waals surface area contributed by atoms with E-state index in [1.54, 1.807) is 19.1 Å². The van der Waals surface area contributed by atoms with Crippen LogP contribution in [0.3, 0.4) is 0 Å². The standard InChI is InChI=1S/C23H18ClN3O3S2/c1-15-25-11-20(32-15)22(29)30-13-21(28)27(12-16-5-3-2-4-6-16)23-26-19(14-31-23)17-7-9-18(24)10-8-17/h2-11,14H,12-13H2,1H3. The molecule has 6 nitrogen and oxygen atoms in total. The lowest BCUT2D eigenvalue weighted by atomic mass is 10.2. The third-order valence-electron chi connectivity index (χ3n) is 4.50. The number of hydrogen-bond acceptors (Lipinski definition) is 7. The van der Waals surface area contributed by atoms with Crippen molar-refractivity contribution >= 4 is 51.3 Å². The molecule has 2 aromatic carbocycles. The number of ether oxygens (including phenoxy) is 1. The van der Waals surface area contributed by atoms with Crippen molar-refractivity contribution in [3.8, 4) is 11.3 Å². The third kappa shape index (κ3) is 5.40. The normalized spacial score (nSPS) is 10.7. The minimum absolute atomic E-state index is 0.310. The van der Waals surface area contributed by atoms with Gasteiger partial charge in [-0.05, 0) is 24.6 Å². The molecule has 0 aliphatic heterocycles. The topological polar surface area (TPSA) is 72.4 Å². The van der Waals surface area contributed by atoms with E-state index < -0.39 is 12.6 Å². The minimum atomic E-state index is -0.565. The van der Waals surface area contributed by atoms with Crippen LogP contribution in [0.5, 0.6) is 0 Å². The van der Waals surface area contributed by atoms with Gasteiger partial charge in [0.2, 0.25) is 0 Å². The fourth-order valence-corrected chi connectivity index (χ4v) is 4.55. The number of amides is 1. The molecule has 32 heavy (non-hydrogen) atoms. The van der Waals surface area contributed by atoms with E-state index in [-0.39, 0.29) is 5.91 Å². The largest absolute Gasteiger partial charge is 0.451 e. The summed E-state index contributed by atoms with van der Waals surface area (Å²) in [5.74, 6) is -0.926. The van der Waals surface area contributed by atoms with Gasteiger partial charge in [0.1, 0.15) is 4.88 Å². The molecule has 162 valence electrons. The molecule has 0 N–H and O–H groups in total. The summed E-state index contributed by atoms with van der Waals surface area (Å²) < 4.78 is 5.25. The van der Waals surface area contributed by atoms with Crippen molar-refractivity contribution in [1.82, 2.24) is 9.97 Å². The second kappa shape index (κ2) is 10.0. The summed E-state index contributed by atoms with van der Waals surface area (Å²) in [6.45, 7) is 1.72. The zero-order valence-corrected chi connectivity index (χ0v) is 19.4. The van der Waals surface area contributed by atoms with Gasteiger partial charge >= 0.3 is 5.97 Å². The number of halogens is 1. The number of carbonyl (C=O) groups excluding carboxylic acids is 2. The summed E-state index contributed by atoms with van der Waals surface area (Å²) >= 11 is 8.55. The average molecular weight is 484 g/mol. The Morgan fingerprint density at radius 1 is 1.09 bits per heavy atom. The molecule has 0 aliphatic carbocycles. The second-order valence-corrected chi connectivity index (χ2v) is 9.32. The highest BCUT2D eigenvalue weighted by atomic mass is 35.5. The van der Waals surface area contributed by atoms with Crippen molar-refractivity contribution in [3.63, 3.8) is 0 Å². The van der Waals surface area contributed by atoms with E-state index in [0.29, 0.717) is 21.6 Å². The fourth-order valence-electron chi connectivity index (χ4n) is 2.90. The van der Waals surface area contributed by atoms with Gasteiger partial charge in [0, 0.05) is 16.0 Å². The summed E-state index contributed by atoms with van der Waals surface area (Å²) in [6, 6.07) is 16.9. The van der Waals surface area contributed by atoms with E-state index in [9.17, 15) is 9.59 Å². The first-order chi connectivity index (χ1) is 15.5. The maximum absolute atomic E-state index is 13.1. The highest BCUT2D eigenvalue weighted by Gasteiger charge is 2.22. The molecule has 0 spiro atoms. The average Bonchev–Trinajstić information content (AvgIpc) is 3.46. The molecule has 1 amide bonds. The first-order valence-corrected chi connectivity index (χ1v) is 11.7. The van der Waals surface area contributed by atoms with Crippen LogP contribution in [-0.4, -0.2) is 28.5 Å². The Kier molecular flexibility index (Phi) is 6.94. The van der Waals surface area contributed by atoms with Gasteiger partial charge in [0.15, 0.2) is 11.7 Å². The molecule has 0 radical (unpaired) electrons. The molecule has 0 saturated carbocycles. The van der Waals surface area contributed by atoms with E-state index in [0.717, 1.165) is 21.8 Å². The van der Waals surface area contributed by atoms with Crippen molar-refractivity contribution in [2.75, 3.05) is 11.5 Å².